The number of hydrogen-bond donors (Lipinski definition) is 2. The first-order valence-electron chi connectivity index (χ1n) is 7.25. The molecular formula is C15H15F3N2O3. The molecule has 0 unspecified atom stereocenters. The molecule has 23 heavy (non-hydrogen) atoms. The van der Waals surface area contributed by atoms with Gasteiger partial charge in [-0.2, -0.15) is 23.3 Å². The molecule has 0 radical (unpaired) electrons. The van der Waals surface area contributed by atoms with Crippen LogP contribution in [0.25, 0.3) is 0 Å². The predicted octanol–water partition coefficient (Wildman–Crippen LogP) is 2.65. The normalized spacial score (nSPS) is 27.6. The molecule has 1 aliphatic heterocycles. The molecule has 1 heterocycles. The van der Waals surface area contributed by atoms with Crippen molar-refractivity contribution in [2.75, 3.05) is 0 Å². The first-order chi connectivity index (χ1) is 10.7. The van der Waals surface area contributed by atoms with E-state index in [1.165, 1.54) is 18.2 Å². The maximum atomic E-state index is 13.6. The molecule has 0 spiro atoms. The monoisotopic (exact) mass is 328 g/mol. The Morgan fingerprint density at radius 2 is 2.09 bits per heavy atom. The van der Waals surface area contributed by atoms with Gasteiger partial charge >= 0.3 is 6.18 Å². The topological polar surface area (TPSA) is 73.1 Å². The van der Waals surface area contributed by atoms with Gasteiger partial charge in [0.25, 0.3) is 11.6 Å². The number of aliphatic hydroxyl groups is 1. The van der Waals surface area contributed by atoms with Gasteiger partial charge in [-0.1, -0.05) is 12.5 Å². The highest BCUT2D eigenvalue weighted by Gasteiger charge is 2.68. The van der Waals surface area contributed by atoms with Gasteiger partial charge in [-0.3, -0.25) is 4.79 Å². The summed E-state index contributed by atoms with van der Waals surface area (Å²) in [5.74, 6) is -2.59. The van der Waals surface area contributed by atoms with Crippen molar-refractivity contribution in [2.24, 2.45) is 11.0 Å². The van der Waals surface area contributed by atoms with Gasteiger partial charge in [0, 0.05) is 11.3 Å². The largest absolute Gasteiger partial charge is 0.508 e. The number of rotatable bonds is 1. The van der Waals surface area contributed by atoms with Crippen LogP contribution in [-0.4, -0.2) is 38.7 Å². The number of benzene rings is 1. The van der Waals surface area contributed by atoms with E-state index in [2.05, 4.69) is 5.10 Å². The zero-order valence-corrected chi connectivity index (χ0v) is 12.0. The molecule has 8 heteroatoms. The standard InChI is InChI=1S/C15H15F3N2O3/c16-15(17,18)14(23)11-6-1-2-7-12(11)19-20(14)13(22)9-4-3-5-10(21)8-9/h3-5,8,11,21,23H,1-2,6-7H2/t11-,14-/m0/s1. The number of carbonyl (C=O) groups excluding carboxylic acids is 1. The Bertz CT molecular complexity index is 674. The van der Waals surface area contributed by atoms with Crippen molar-refractivity contribution in [3.8, 4) is 5.75 Å². The Kier molecular flexibility index (Phi) is 3.59. The molecular weight excluding hydrogens is 313 g/mol. The van der Waals surface area contributed by atoms with Crippen LogP contribution in [0.15, 0.2) is 29.4 Å². The summed E-state index contributed by atoms with van der Waals surface area (Å²) in [5, 5.41) is 23.7. The molecule has 1 aromatic carbocycles. The third-order valence-corrected chi connectivity index (χ3v) is 4.32. The molecule has 1 fully saturated rings. The van der Waals surface area contributed by atoms with E-state index in [0.29, 0.717) is 19.3 Å². The van der Waals surface area contributed by atoms with Gasteiger partial charge in [0.05, 0.1) is 5.92 Å². The zero-order valence-electron chi connectivity index (χ0n) is 12.0. The third kappa shape index (κ3) is 2.37. The van der Waals surface area contributed by atoms with Gasteiger partial charge in [0.15, 0.2) is 0 Å². The smallest absolute Gasteiger partial charge is 0.439 e. The lowest BCUT2D eigenvalue weighted by atomic mass is 9.80. The number of fused-ring (bicyclic) bond motifs is 1. The Labute approximate surface area is 130 Å². The number of hydrogen-bond acceptors (Lipinski definition) is 4. The number of alkyl halides is 3. The van der Waals surface area contributed by atoms with E-state index in [-0.39, 0.29) is 28.5 Å². The second kappa shape index (κ2) is 5.23. The number of amides is 1. The summed E-state index contributed by atoms with van der Waals surface area (Å²) in [7, 11) is 0. The lowest BCUT2D eigenvalue weighted by molar-refractivity contribution is -0.312. The number of hydrazone groups is 1. The second-order valence-electron chi connectivity index (χ2n) is 5.78. The van der Waals surface area contributed by atoms with Crippen LogP contribution in [0.2, 0.25) is 0 Å². The number of phenolic OH excluding ortho intramolecular Hbond substituents is 1. The Morgan fingerprint density at radius 1 is 1.35 bits per heavy atom. The van der Waals surface area contributed by atoms with Gasteiger partial charge in [0.1, 0.15) is 5.75 Å². The molecule has 1 saturated carbocycles. The summed E-state index contributed by atoms with van der Waals surface area (Å²) in [5.41, 5.74) is -3.31. The van der Waals surface area contributed by atoms with Gasteiger partial charge in [-0.05, 0) is 37.5 Å². The van der Waals surface area contributed by atoms with Gasteiger partial charge in [-0.15, -0.1) is 0 Å². The van der Waals surface area contributed by atoms with E-state index in [0.717, 1.165) is 6.07 Å². The van der Waals surface area contributed by atoms with Crippen LogP contribution in [0.4, 0.5) is 13.2 Å². The van der Waals surface area contributed by atoms with Crippen molar-refractivity contribution in [1.29, 1.82) is 0 Å². The Balaban J connectivity index is 2.05. The first-order valence-corrected chi connectivity index (χ1v) is 7.25. The lowest BCUT2D eigenvalue weighted by Gasteiger charge is -2.38. The lowest BCUT2D eigenvalue weighted by Crippen LogP contribution is -2.61. The fraction of sp³-hybridized carbons (Fsp3) is 0.467. The minimum atomic E-state index is -5.03. The maximum Gasteiger partial charge on any atom is 0.439 e. The molecule has 5 nitrogen and oxygen atoms in total. The Hall–Kier alpha value is -2.09. The third-order valence-electron chi connectivity index (χ3n) is 4.32. The van der Waals surface area contributed by atoms with Crippen molar-refractivity contribution < 1.29 is 28.2 Å². The second-order valence-corrected chi connectivity index (χ2v) is 5.78. The number of aromatic hydroxyl groups is 1. The minimum Gasteiger partial charge on any atom is -0.508 e. The highest BCUT2D eigenvalue weighted by molar-refractivity contribution is 5.99. The number of nitrogens with zero attached hydrogens (tertiary/aromatic N) is 2. The van der Waals surface area contributed by atoms with Gasteiger partial charge < -0.3 is 10.2 Å². The fourth-order valence-corrected chi connectivity index (χ4v) is 3.18. The van der Waals surface area contributed by atoms with Crippen molar-refractivity contribution in [3.63, 3.8) is 0 Å². The molecule has 1 aliphatic carbocycles. The average Bonchev–Trinajstić information content (AvgIpc) is 2.81. The van der Waals surface area contributed by atoms with Crippen LogP contribution < -0.4 is 0 Å². The molecule has 0 saturated heterocycles. The molecule has 0 aromatic heterocycles. The summed E-state index contributed by atoms with van der Waals surface area (Å²) in [6.45, 7) is 0. The quantitative estimate of drug-likeness (QED) is 0.832. The summed E-state index contributed by atoms with van der Waals surface area (Å²) in [6.07, 6.45) is -3.37. The number of halogens is 3. The van der Waals surface area contributed by atoms with E-state index >= 15 is 0 Å². The molecule has 1 aromatic rings. The predicted molar refractivity (Wildman–Crippen MR) is 74.7 cm³/mol. The average molecular weight is 328 g/mol. The highest BCUT2D eigenvalue weighted by Crippen LogP contribution is 2.48. The van der Waals surface area contributed by atoms with Crippen LogP contribution >= 0.6 is 0 Å². The van der Waals surface area contributed by atoms with Crippen molar-refractivity contribution >= 4 is 11.6 Å². The summed E-state index contributed by atoms with van der Waals surface area (Å²) in [6, 6.07) is 4.94. The van der Waals surface area contributed by atoms with Gasteiger partial charge in [-0.25, -0.2) is 0 Å². The minimum absolute atomic E-state index is 0.124. The first kappa shape index (κ1) is 15.8. The number of phenols is 1. The molecule has 2 atom stereocenters. The van der Waals surface area contributed by atoms with E-state index in [1.54, 1.807) is 0 Å². The fourth-order valence-electron chi connectivity index (χ4n) is 3.18. The van der Waals surface area contributed by atoms with E-state index in [9.17, 15) is 28.2 Å². The molecule has 0 bridgehead atoms. The van der Waals surface area contributed by atoms with Crippen molar-refractivity contribution in [3.05, 3.63) is 29.8 Å². The molecule has 3 rings (SSSR count). The van der Waals surface area contributed by atoms with Crippen molar-refractivity contribution in [1.82, 2.24) is 5.01 Å². The molecule has 124 valence electrons. The van der Waals surface area contributed by atoms with E-state index < -0.39 is 23.7 Å². The molecule has 1 amide bonds. The zero-order chi connectivity index (χ0) is 16.8. The maximum absolute atomic E-state index is 13.6. The molecule has 2 N–H and O–H groups in total. The van der Waals surface area contributed by atoms with Crippen LogP contribution in [0, 0.1) is 5.92 Å². The highest BCUT2D eigenvalue weighted by atomic mass is 19.4. The van der Waals surface area contributed by atoms with Crippen LogP contribution in [0.3, 0.4) is 0 Å². The number of carbonyl (C=O) groups is 1. The molecule has 2 aliphatic rings. The van der Waals surface area contributed by atoms with Crippen LogP contribution in [0.1, 0.15) is 36.0 Å². The summed E-state index contributed by atoms with van der Waals surface area (Å²) < 4.78 is 40.7. The van der Waals surface area contributed by atoms with Crippen LogP contribution in [0.5, 0.6) is 5.75 Å². The summed E-state index contributed by atoms with van der Waals surface area (Å²) in [4.78, 5) is 12.5. The van der Waals surface area contributed by atoms with E-state index in [4.69, 9.17) is 0 Å². The van der Waals surface area contributed by atoms with Crippen LogP contribution in [-0.2, 0) is 0 Å². The van der Waals surface area contributed by atoms with E-state index in [1.807, 2.05) is 0 Å². The Morgan fingerprint density at radius 3 is 2.74 bits per heavy atom. The summed E-state index contributed by atoms with van der Waals surface area (Å²) >= 11 is 0. The SMILES string of the molecule is O=C(c1cccc(O)c1)N1N=C2CCCC[C@@H]2[C@]1(O)C(F)(F)F. The van der Waals surface area contributed by atoms with Gasteiger partial charge in [0.2, 0.25) is 0 Å². The van der Waals surface area contributed by atoms with Crippen molar-refractivity contribution in [2.45, 2.75) is 37.6 Å².